The van der Waals surface area contributed by atoms with Crippen LogP contribution in [0.5, 0.6) is 0 Å². The number of rotatable bonds is 4. The molecule has 3 N–H and O–H groups in total. The van der Waals surface area contributed by atoms with Crippen molar-refractivity contribution in [2.75, 3.05) is 5.73 Å². The molecule has 1 aromatic carbocycles. The number of nitrogens with zero attached hydrogens (tertiary/aromatic N) is 5. The Bertz CT molecular complexity index is 1430. The molecule has 4 heterocycles. The van der Waals surface area contributed by atoms with Gasteiger partial charge in [-0.05, 0) is 31.5 Å². The van der Waals surface area contributed by atoms with Gasteiger partial charge in [0.15, 0.2) is 6.54 Å². The minimum absolute atomic E-state index is 0.0903. The standard InChI is InChI=1S/C22H19N7O2/c1-13-10-16(11-14(2)25-13)18-19(15-6-4-3-5-7-15)26-21(23)29-20(18)27-28(22(29)30)12-17-24-8-9-31-17/h3-11H,12H2,1-2H3,(H2,23,25,26,27)/p+1. The van der Waals surface area contributed by atoms with Crippen molar-refractivity contribution in [1.29, 1.82) is 0 Å². The second kappa shape index (κ2) is 7.21. The largest absolute Gasteiger partial charge is 0.446 e. The Hall–Kier alpha value is -4.27. The van der Waals surface area contributed by atoms with Crippen molar-refractivity contribution in [3.63, 3.8) is 0 Å². The first-order chi connectivity index (χ1) is 15.0. The van der Waals surface area contributed by atoms with E-state index in [1.165, 1.54) is 21.5 Å². The van der Waals surface area contributed by atoms with Gasteiger partial charge in [-0.2, -0.15) is 4.68 Å². The summed E-state index contributed by atoms with van der Waals surface area (Å²) in [5.74, 6) is 0.494. The van der Waals surface area contributed by atoms with Crippen molar-refractivity contribution in [3.8, 4) is 22.4 Å². The fourth-order valence-corrected chi connectivity index (χ4v) is 3.79. The van der Waals surface area contributed by atoms with E-state index in [9.17, 15) is 4.79 Å². The zero-order chi connectivity index (χ0) is 21.5. The molecule has 9 heteroatoms. The first-order valence-corrected chi connectivity index (χ1v) is 9.75. The summed E-state index contributed by atoms with van der Waals surface area (Å²) >= 11 is 0. The number of aromatic nitrogens is 6. The van der Waals surface area contributed by atoms with E-state index in [4.69, 9.17) is 10.2 Å². The Balaban J connectivity index is 1.85. The van der Waals surface area contributed by atoms with Crippen molar-refractivity contribution in [3.05, 3.63) is 82.7 Å². The molecule has 0 aliphatic carbocycles. The summed E-state index contributed by atoms with van der Waals surface area (Å²) in [4.78, 5) is 26.3. The molecule has 31 heavy (non-hydrogen) atoms. The summed E-state index contributed by atoms with van der Waals surface area (Å²) in [6, 6.07) is 13.7. The molecule has 0 fully saturated rings. The summed E-state index contributed by atoms with van der Waals surface area (Å²) < 4.78 is 8.07. The highest BCUT2D eigenvalue weighted by Crippen LogP contribution is 2.33. The lowest BCUT2D eigenvalue weighted by atomic mass is 9.99. The number of pyridine rings is 1. The maximum Gasteiger partial charge on any atom is 0.428 e. The van der Waals surface area contributed by atoms with Crippen LogP contribution in [0.1, 0.15) is 17.3 Å². The normalized spacial score (nSPS) is 11.3. The van der Waals surface area contributed by atoms with Crippen LogP contribution >= 0.6 is 0 Å². The van der Waals surface area contributed by atoms with Gasteiger partial charge in [-0.3, -0.25) is 4.98 Å². The molecule has 0 saturated carbocycles. The summed E-state index contributed by atoms with van der Waals surface area (Å²) in [6.07, 6.45) is 3.00. The van der Waals surface area contributed by atoms with Crippen LogP contribution in [0.3, 0.4) is 0 Å². The Labute approximate surface area is 176 Å². The van der Waals surface area contributed by atoms with E-state index in [1.54, 1.807) is 0 Å². The first-order valence-electron chi connectivity index (χ1n) is 9.75. The van der Waals surface area contributed by atoms with Gasteiger partial charge in [-0.25, -0.2) is 14.9 Å². The lowest BCUT2D eigenvalue weighted by Gasteiger charge is -2.10. The molecule has 4 aromatic heterocycles. The highest BCUT2D eigenvalue weighted by atomic mass is 16.3. The number of anilines is 1. The smallest absolute Gasteiger partial charge is 0.428 e. The SMILES string of the molecule is Cc1cc(-c2c(-c3ccccc3)nc(N)[n+]3c(=O)n(Cc4ncco4)[nH]c23)cc(C)n1. The van der Waals surface area contributed by atoms with Gasteiger partial charge in [0.2, 0.25) is 11.5 Å². The van der Waals surface area contributed by atoms with Crippen LogP contribution in [0, 0.1) is 13.8 Å². The second-order valence-corrected chi connectivity index (χ2v) is 7.29. The van der Waals surface area contributed by atoms with E-state index in [2.05, 4.69) is 20.1 Å². The van der Waals surface area contributed by atoms with E-state index in [0.29, 0.717) is 17.2 Å². The number of aryl methyl sites for hydroxylation is 2. The second-order valence-electron chi connectivity index (χ2n) is 7.29. The average Bonchev–Trinajstić information content (AvgIpc) is 3.36. The van der Waals surface area contributed by atoms with Crippen LogP contribution < -0.4 is 15.8 Å². The molecule has 0 radical (unpaired) electrons. The van der Waals surface area contributed by atoms with Gasteiger partial charge in [0.25, 0.3) is 0 Å². The van der Waals surface area contributed by atoms with Crippen molar-refractivity contribution >= 4 is 11.6 Å². The zero-order valence-electron chi connectivity index (χ0n) is 17.0. The van der Waals surface area contributed by atoms with Crippen LogP contribution in [0.15, 0.2) is 64.1 Å². The highest BCUT2D eigenvalue weighted by molar-refractivity contribution is 5.88. The van der Waals surface area contributed by atoms with E-state index < -0.39 is 0 Å². The molecule has 5 rings (SSSR count). The van der Waals surface area contributed by atoms with Crippen LogP contribution in [-0.4, -0.2) is 24.7 Å². The number of oxazole rings is 1. The van der Waals surface area contributed by atoms with Gasteiger partial charge in [-0.1, -0.05) is 30.3 Å². The third-order valence-electron chi connectivity index (χ3n) is 5.01. The molecule has 9 nitrogen and oxygen atoms in total. The maximum absolute atomic E-state index is 13.1. The number of hydrogen-bond donors (Lipinski definition) is 2. The summed E-state index contributed by atoms with van der Waals surface area (Å²) in [7, 11) is 0. The number of aromatic amines is 1. The minimum atomic E-state index is -0.360. The van der Waals surface area contributed by atoms with Crippen molar-refractivity contribution in [2.24, 2.45) is 0 Å². The van der Waals surface area contributed by atoms with Crippen molar-refractivity contribution < 1.29 is 8.82 Å². The van der Waals surface area contributed by atoms with E-state index >= 15 is 0 Å². The molecular weight excluding hydrogens is 394 g/mol. The Morgan fingerprint density at radius 1 is 1.10 bits per heavy atom. The zero-order valence-corrected chi connectivity index (χ0v) is 17.0. The lowest BCUT2D eigenvalue weighted by Crippen LogP contribution is -2.44. The molecule has 0 bridgehead atoms. The molecule has 154 valence electrons. The van der Waals surface area contributed by atoms with Crippen molar-refractivity contribution in [2.45, 2.75) is 20.4 Å². The van der Waals surface area contributed by atoms with Gasteiger partial charge in [-0.15, -0.1) is 9.38 Å². The minimum Gasteiger partial charge on any atom is -0.446 e. The van der Waals surface area contributed by atoms with Gasteiger partial charge in [0.05, 0.1) is 11.8 Å². The number of hydrogen-bond acceptors (Lipinski definition) is 6. The predicted molar refractivity (Wildman–Crippen MR) is 114 cm³/mol. The van der Waals surface area contributed by atoms with E-state index in [-0.39, 0.29) is 18.2 Å². The average molecular weight is 414 g/mol. The van der Waals surface area contributed by atoms with E-state index in [0.717, 1.165) is 28.1 Å². The number of nitrogen functional groups attached to an aromatic ring is 1. The number of benzene rings is 1. The number of H-pyrrole nitrogens is 1. The third-order valence-corrected chi connectivity index (χ3v) is 5.01. The van der Waals surface area contributed by atoms with Crippen LogP contribution in [0.4, 0.5) is 5.95 Å². The monoisotopic (exact) mass is 414 g/mol. The maximum atomic E-state index is 13.1. The quantitative estimate of drug-likeness (QED) is 0.435. The summed E-state index contributed by atoms with van der Waals surface area (Å²) in [6.45, 7) is 4.01. The number of fused-ring (bicyclic) bond motifs is 1. The van der Waals surface area contributed by atoms with Gasteiger partial charge in [0, 0.05) is 17.0 Å². The molecule has 0 saturated heterocycles. The van der Waals surface area contributed by atoms with Crippen LogP contribution in [0.2, 0.25) is 0 Å². The fraction of sp³-hybridized carbons (Fsp3) is 0.136. The van der Waals surface area contributed by atoms with Crippen LogP contribution in [-0.2, 0) is 6.54 Å². The molecule has 0 aliphatic rings. The Kier molecular flexibility index (Phi) is 4.36. The van der Waals surface area contributed by atoms with E-state index in [1.807, 2.05) is 56.3 Å². The predicted octanol–water partition coefficient (Wildman–Crippen LogP) is 2.27. The summed E-state index contributed by atoms with van der Waals surface area (Å²) in [5, 5.41) is 3.19. The van der Waals surface area contributed by atoms with Crippen molar-refractivity contribution in [1.82, 2.24) is 24.7 Å². The third kappa shape index (κ3) is 3.25. The molecule has 0 spiro atoms. The lowest BCUT2D eigenvalue weighted by molar-refractivity contribution is -0.516. The first kappa shape index (κ1) is 18.7. The number of nitrogens with one attached hydrogen (secondary N) is 1. The molecule has 0 amide bonds. The van der Waals surface area contributed by atoms with Gasteiger partial charge < -0.3 is 10.2 Å². The topological polar surface area (TPSA) is 120 Å². The molecule has 0 aliphatic heterocycles. The Morgan fingerprint density at radius 2 is 1.84 bits per heavy atom. The number of nitrogens with two attached hydrogens (primary N) is 1. The Morgan fingerprint density at radius 3 is 2.52 bits per heavy atom. The molecule has 0 atom stereocenters. The summed E-state index contributed by atoms with van der Waals surface area (Å²) in [5.41, 5.74) is 11.4. The molecule has 5 aromatic rings. The van der Waals surface area contributed by atoms with Gasteiger partial charge in [0.1, 0.15) is 12.0 Å². The highest BCUT2D eigenvalue weighted by Gasteiger charge is 2.26. The van der Waals surface area contributed by atoms with Crippen LogP contribution in [0.25, 0.3) is 28.0 Å². The fourth-order valence-electron chi connectivity index (χ4n) is 3.79. The van der Waals surface area contributed by atoms with Gasteiger partial charge >= 0.3 is 11.6 Å². The molecular formula is C22H20N7O2+. The molecule has 0 unspecified atom stereocenters.